The van der Waals surface area contributed by atoms with Crippen molar-refractivity contribution in [1.82, 2.24) is 9.97 Å². The Hall–Kier alpha value is -1.35. The number of hydrogen-bond acceptors (Lipinski definition) is 4. The van der Waals surface area contributed by atoms with Gasteiger partial charge in [0.05, 0.1) is 5.56 Å². The molecule has 2 radical (unpaired) electrons. The molecule has 0 atom stereocenters. The van der Waals surface area contributed by atoms with E-state index in [1.807, 2.05) is 6.07 Å². The number of benzene rings is 1. The van der Waals surface area contributed by atoms with E-state index in [2.05, 4.69) is 26.3 Å². The second kappa shape index (κ2) is 6.01. The van der Waals surface area contributed by atoms with Crippen LogP contribution >= 0.6 is 11.8 Å². The highest BCUT2D eigenvalue weighted by Gasteiger charge is 2.03. The molecule has 1 aromatic carbocycles. The average molecular weight is 272 g/mol. The highest BCUT2D eigenvalue weighted by Crippen LogP contribution is 2.18. The number of thioether (sulfide) groups is 1. The summed E-state index contributed by atoms with van der Waals surface area (Å²) in [5, 5.41) is 9.50. The second-order valence-electron chi connectivity index (χ2n) is 3.55. The monoisotopic (exact) mass is 272 g/mol. The van der Waals surface area contributed by atoms with Gasteiger partial charge in [-0.1, -0.05) is 28.5 Å². The molecule has 4 nitrogen and oxygen atoms in total. The molecule has 0 amide bonds. The van der Waals surface area contributed by atoms with Crippen LogP contribution in [0, 0.1) is 0 Å². The zero-order valence-corrected chi connectivity index (χ0v) is 11.4. The van der Waals surface area contributed by atoms with Crippen molar-refractivity contribution in [3.05, 3.63) is 47.7 Å². The Morgan fingerprint density at radius 3 is 2.61 bits per heavy atom. The van der Waals surface area contributed by atoms with Gasteiger partial charge in [-0.3, -0.25) is 0 Å². The van der Waals surface area contributed by atoms with Gasteiger partial charge in [-0.05, 0) is 23.8 Å². The maximum Gasteiger partial charge on any atom is 0.335 e. The first kappa shape index (κ1) is 13.1. The van der Waals surface area contributed by atoms with Crippen LogP contribution in [0.1, 0.15) is 15.9 Å². The minimum absolute atomic E-state index is 0.298. The largest absolute Gasteiger partial charge is 0.478 e. The van der Waals surface area contributed by atoms with Gasteiger partial charge in [-0.2, -0.15) is 0 Å². The zero-order valence-electron chi connectivity index (χ0n) is 9.41. The van der Waals surface area contributed by atoms with E-state index in [-0.39, 0.29) is 0 Å². The van der Waals surface area contributed by atoms with Crippen LogP contribution in [0.25, 0.3) is 0 Å². The van der Waals surface area contributed by atoms with E-state index in [0.717, 1.165) is 10.1 Å². The van der Waals surface area contributed by atoms with Crippen molar-refractivity contribution in [2.45, 2.75) is 10.9 Å². The van der Waals surface area contributed by atoms with Gasteiger partial charge in [0.25, 0.3) is 0 Å². The zero-order chi connectivity index (χ0) is 13.0. The number of hydrogen-bond donors (Lipinski definition) is 1. The molecule has 0 bridgehead atoms. The number of nitrogens with zero attached hydrogens (tertiary/aromatic N) is 2. The smallest absolute Gasteiger partial charge is 0.335 e. The molecule has 1 heterocycles. The Bertz CT molecular complexity index is 560. The lowest BCUT2D eigenvalue weighted by Gasteiger charge is -2.02. The van der Waals surface area contributed by atoms with Crippen molar-refractivity contribution in [3.63, 3.8) is 0 Å². The summed E-state index contributed by atoms with van der Waals surface area (Å²) in [7, 11) is 0. The van der Waals surface area contributed by atoms with Crippen LogP contribution in [0.15, 0.2) is 41.7 Å². The van der Waals surface area contributed by atoms with Gasteiger partial charge in [-0.15, -0.1) is 0 Å². The van der Waals surface area contributed by atoms with Crippen LogP contribution in [-0.2, 0) is 5.75 Å². The Morgan fingerprint density at radius 1 is 1.28 bits per heavy atom. The third-order valence-electron chi connectivity index (χ3n) is 2.22. The number of carboxylic acid groups (broad SMARTS) is 1. The van der Waals surface area contributed by atoms with Gasteiger partial charge in [0.1, 0.15) is 0 Å². The molecule has 1 N–H and O–H groups in total. The van der Waals surface area contributed by atoms with Crippen molar-refractivity contribution in [2.24, 2.45) is 0 Å². The average Bonchev–Trinajstić information content (AvgIpc) is 2.37. The number of aromatic nitrogens is 2. The predicted octanol–water partition coefficient (Wildman–Crippen LogP) is 1.26. The third-order valence-corrected chi connectivity index (χ3v) is 3.48. The van der Waals surface area contributed by atoms with E-state index in [0.29, 0.717) is 16.5 Å². The molecule has 1 aromatic heterocycles. The van der Waals surface area contributed by atoms with E-state index in [4.69, 9.17) is 5.11 Å². The van der Waals surface area contributed by atoms with Crippen molar-refractivity contribution >= 4 is 38.6 Å². The maximum atomic E-state index is 10.7. The summed E-state index contributed by atoms with van der Waals surface area (Å²) in [5.41, 5.74) is 1.34. The van der Waals surface area contributed by atoms with Crippen molar-refractivity contribution in [1.29, 1.82) is 0 Å². The van der Waals surface area contributed by atoms with Crippen LogP contribution in [0.2, 0.25) is 0 Å². The van der Waals surface area contributed by atoms with Crippen molar-refractivity contribution in [2.75, 3.05) is 0 Å². The molecular formula is C12H9AlN2O2S. The lowest BCUT2D eigenvalue weighted by Crippen LogP contribution is -2.08. The highest BCUT2D eigenvalue weighted by molar-refractivity contribution is 7.98. The van der Waals surface area contributed by atoms with Gasteiger partial charge < -0.3 is 5.11 Å². The molecule has 88 valence electrons. The fourth-order valence-electron chi connectivity index (χ4n) is 1.31. The summed E-state index contributed by atoms with van der Waals surface area (Å²) < 4.78 is 0.855. The fourth-order valence-corrected chi connectivity index (χ4v) is 2.41. The van der Waals surface area contributed by atoms with Gasteiger partial charge in [0.2, 0.25) is 16.3 Å². The molecule has 0 aliphatic heterocycles. The molecule has 0 saturated heterocycles. The topological polar surface area (TPSA) is 63.1 Å². The van der Waals surface area contributed by atoms with Gasteiger partial charge in [-0.25, -0.2) is 14.8 Å². The first-order valence-corrected chi connectivity index (χ1v) is 6.75. The minimum atomic E-state index is -0.909. The Kier molecular flexibility index (Phi) is 4.37. The van der Waals surface area contributed by atoms with E-state index in [9.17, 15) is 4.79 Å². The van der Waals surface area contributed by atoms with Gasteiger partial charge >= 0.3 is 5.97 Å². The standard InChI is InChI=1S/C12H9N2O2S.Al/c15-11(16)10-4-2-9(3-5-10)8-17-12-13-6-1-7-14-12;/h1-6H,8H2,(H,15,16);. The molecule has 0 unspecified atom stereocenters. The van der Waals surface area contributed by atoms with Gasteiger partial charge in [0, 0.05) is 11.9 Å². The van der Waals surface area contributed by atoms with Gasteiger partial charge in [0.15, 0.2) is 5.16 Å². The first-order chi connectivity index (χ1) is 8.65. The molecule has 2 aromatic rings. The number of rotatable bonds is 4. The quantitative estimate of drug-likeness (QED) is 0.516. The summed E-state index contributed by atoms with van der Waals surface area (Å²) in [5.74, 6) is -0.193. The molecule has 0 fully saturated rings. The summed E-state index contributed by atoms with van der Waals surface area (Å²) >= 11 is 4.05. The van der Waals surface area contributed by atoms with Crippen molar-refractivity contribution in [3.8, 4) is 0 Å². The van der Waals surface area contributed by atoms with Crippen LogP contribution in [-0.4, -0.2) is 37.3 Å². The molecule has 0 aliphatic carbocycles. The normalized spacial score (nSPS) is 10.2. The summed E-state index contributed by atoms with van der Waals surface area (Å²) in [4.78, 5) is 19.1. The Morgan fingerprint density at radius 2 is 2.00 bits per heavy atom. The van der Waals surface area contributed by atoms with Crippen LogP contribution in [0.3, 0.4) is 0 Å². The van der Waals surface area contributed by atoms with Crippen LogP contribution < -0.4 is 4.56 Å². The van der Waals surface area contributed by atoms with Crippen LogP contribution in [0.5, 0.6) is 0 Å². The van der Waals surface area contributed by atoms with E-state index in [1.165, 1.54) is 11.8 Å². The maximum absolute atomic E-state index is 10.7. The summed E-state index contributed by atoms with van der Waals surface area (Å²) in [6.45, 7) is 0. The summed E-state index contributed by atoms with van der Waals surface area (Å²) in [6.07, 6.45) is 1.71. The molecule has 0 aliphatic rings. The number of carbonyl (C=O) groups is 1. The minimum Gasteiger partial charge on any atom is -0.478 e. The van der Waals surface area contributed by atoms with Crippen LogP contribution in [0.4, 0.5) is 0 Å². The number of aromatic carboxylic acids is 1. The van der Waals surface area contributed by atoms with E-state index in [1.54, 1.807) is 30.5 Å². The lowest BCUT2D eigenvalue weighted by atomic mass is 10.1. The lowest BCUT2D eigenvalue weighted by molar-refractivity contribution is 0.0697. The van der Waals surface area contributed by atoms with E-state index < -0.39 is 5.97 Å². The Labute approximate surface area is 117 Å². The fraction of sp³-hybridized carbons (Fsp3) is 0.0833. The Balaban J connectivity index is 2.00. The highest BCUT2D eigenvalue weighted by atomic mass is 32.2. The van der Waals surface area contributed by atoms with E-state index >= 15 is 0 Å². The predicted molar refractivity (Wildman–Crippen MR) is 70.4 cm³/mol. The number of carboxylic acids is 1. The summed E-state index contributed by atoms with van der Waals surface area (Å²) in [6, 6.07) is 8.63. The molecule has 0 saturated carbocycles. The third kappa shape index (κ3) is 3.57. The molecule has 2 rings (SSSR count). The molecule has 6 heteroatoms. The molecule has 18 heavy (non-hydrogen) atoms. The first-order valence-electron chi connectivity index (χ1n) is 5.19. The molecule has 0 spiro atoms. The SMILES string of the molecule is O=C(O)c1ccc(CSc2ncc[c]([Al])n2)cc1. The second-order valence-corrected chi connectivity index (χ2v) is 5.09. The molecular weight excluding hydrogens is 263 g/mol. The van der Waals surface area contributed by atoms with Crippen molar-refractivity contribution < 1.29 is 9.90 Å².